The third kappa shape index (κ3) is 6.66. The molecule has 1 aliphatic carbocycles. The Bertz CT molecular complexity index is 997. The minimum absolute atomic E-state index is 0. The zero-order valence-corrected chi connectivity index (χ0v) is 19.5. The van der Waals surface area contributed by atoms with E-state index >= 15 is 0 Å². The second kappa shape index (κ2) is 14.7. The number of benzene rings is 3. The van der Waals surface area contributed by atoms with Crippen molar-refractivity contribution >= 4 is 32.3 Å². The Balaban J connectivity index is -0.000000509. The Labute approximate surface area is 202 Å². The zero-order chi connectivity index (χ0) is 14.8. The first-order valence-corrected chi connectivity index (χ1v) is 7.60. The Kier molecular flexibility index (Phi) is 16.5. The molecule has 0 atom stereocenters. The van der Waals surface area contributed by atoms with E-state index in [9.17, 15) is 0 Å². The van der Waals surface area contributed by atoms with Crippen molar-refractivity contribution in [3.63, 3.8) is 0 Å². The summed E-state index contributed by atoms with van der Waals surface area (Å²) in [7, 11) is 0. The molecule has 4 aromatic rings. The van der Waals surface area contributed by atoms with Crippen molar-refractivity contribution in [3.8, 4) is 0 Å². The maximum Gasteiger partial charge on any atom is 2.00 e. The topological polar surface area (TPSA) is 0 Å². The molecule has 148 valence electrons. The normalized spacial score (nSPS) is 10.1. The van der Waals surface area contributed by atoms with Crippen molar-refractivity contribution in [2.24, 2.45) is 0 Å². The molecular formula is C25H26Cl2Zr-4. The maximum absolute atomic E-state index is 2.99. The number of halogens is 2. The molecule has 4 aromatic carbocycles. The van der Waals surface area contributed by atoms with Gasteiger partial charge in [0.1, 0.15) is 0 Å². The van der Waals surface area contributed by atoms with Gasteiger partial charge in [-0.3, -0.25) is 6.08 Å². The fourth-order valence-corrected chi connectivity index (χ4v) is 2.99. The van der Waals surface area contributed by atoms with Gasteiger partial charge in [-0.05, 0) is 5.39 Å². The van der Waals surface area contributed by atoms with Crippen molar-refractivity contribution in [1.82, 2.24) is 0 Å². The SMILES string of the molecule is C.[C-]1=CC=CC1.[CH3-].[CH3-].[Cl-].[Cl-].[Zr+2].c1ccc2cc3c(cc2c1)[cH-]c1ccccc13. The summed E-state index contributed by atoms with van der Waals surface area (Å²) in [6, 6.07) is 24.0. The van der Waals surface area contributed by atoms with Crippen LogP contribution < -0.4 is 24.8 Å². The van der Waals surface area contributed by atoms with Crippen molar-refractivity contribution in [2.45, 2.75) is 13.8 Å². The van der Waals surface area contributed by atoms with E-state index in [1.165, 1.54) is 32.3 Å². The van der Waals surface area contributed by atoms with Gasteiger partial charge in [0.05, 0.1) is 0 Å². The van der Waals surface area contributed by atoms with Crippen LogP contribution in [-0.2, 0) is 26.2 Å². The number of hydrogen-bond donors (Lipinski definition) is 0. The van der Waals surface area contributed by atoms with Gasteiger partial charge in [0, 0.05) is 0 Å². The zero-order valence-electron chi connectivity index (χ0n) is 15.5. The van der Waals surface area contributed by atoms with Crippen LogP contribution in [0.1, 0.15) is 13.8 Å². The molecule has 0 aromatic heterocycles. The Morgan fingerprint density at radius 3 is 1.93 bits per heavy atom. The molecule has 5 rings (SSSR count). The first-order valence-electron chi connectivity index (χ1n) is 7.60. The molecule has 0 fully saturated rings. The fourth-order valence-electron chi connectivity index (χ4n) is 2.99. The summed E-state index contributed by atoms with van der Waals surface area (Å²) in [6.07, 6.45) is 10.0. The monoisotopic (exact) mass is 486 g/mol. The molecule has 0 bridgehead atoms. The van der Waals surface area contributed by atoms with Crippen molar-refractivity contribution in [3.05, 3.63) is 106 Å². The van der Waals surface area contributed by atoms with Gasteiger partial charge in [-0.1, -0.05) is 61.3 Å². The van der Waals surface area contributed by atoms with E-state index in [1.54, 1.807) is 0 Å². The van der Waals surface area contributed by atoms with Crippen LogP contribution in [0.3, 0.4) is 0 Å². The quantitative estimate of drug-likeness (QED) is 0.331. The van der Waals surface area contributed by atoms with Gasteiger partial charge in [0.15, 0.2) is 0 Å². The number of rotatable bonds is 0. The molecular weight excluding hydrogens is 462 g/mol. The maximum atomic E-state index is 2.99. The van der Waals surface area contributed by atoms with Crippen molar-refractivity contribution in [1.29, 1.82) is 0 Å². The number of fused-ring (bicyclic) bond motifs is 4. The van der Waals surface area contributed by atoms with Gasteiger partial charge in [0.2, 0.25) is 0 Å². The fraction of sp³-hybridized carbons (Fsp3) is 0.0800. The predicted molar refractivity (Wildman–Crippen MR) is 116 cm³/mol. The Morgan fingerprint density at radius 2 is 1.36 bits per heavy atom. The van der Waals surface area contributed by atoms with E-state index < -0.39 is 0 Å². The van der Waals surface area contributed by atoms with E-state index in [0.29, 0.717) is 0 Å². The first-order chi connectivity index (χ1) is 10.9. The van der Waals surface area contributed by atoms with E-state index in [0.717, 1.165) is 6.42 Å². The van der Waals surface area contributed by atoms with Crippen LogP contribution in [-0.4, -0.2) is 0 Å². The molecule has 0 saturated heterocycles. The van der Waals surface area contributed by atoms with E-state index in [2.05, 4.69) is 78.9 Å². The third-order valence-corrected chi connectivity index (χ3v) is 4.07. The Morgan fingerprint density at radius 1 is 0.750 bits per heavy atom. The van der Waals surface area contributed by atoms with E-state index in [1.807, 2.05) is 12.2 Å². The summed E-state index contributed by atoms with van der Waals surface area (Å²) >= 11 is 0. The molecule has 3 heteroatoms. The summed E-state index contributed by atoms with van der Waals surface area (Å²) in [5, 5.41) is 8.02. The molecule has 0 aliphatic heterocycles. The van der Waals surface area contributed by atoms with Crippen molar-refractivity contribution in [2.75, 3.05) is 0 Å². The van der Waals surface area contributed by atoms with Gasteiger partial charge in [0.25, 0.3) is 0 Å². The molecule has 28 heavy (non-hydrogen) atoms. The van der Waals surface area contributed by atoms with Crippen LogP contribution >= 0.6 is 0 Å². The minimum Gasteiger partial charge on any atom is -1.00 e. The van der Waals surface area contributed by atoms with Crippen LogP contribution in [0.15, 0.2) is 85.0 Å². The van der Waals surface area contributed by atoms with Gasteiger partial charge in [-0.25, -0.2) is 12.2 Å². The molecule has 0 amide bonds. The van der Waals surface area contributed by atoms with E-state index in [4.69, 9.17) is 0 Å². The summed E-state index contributed by atoms with van der Waals surface area (Å²) in [4.78, 5) is 0. The average Bonchev–Trinajstić information content (AvgIpc) is 3.24. The second-order valence-corrected chi connectivity index (χ2v) is 5.52. The smallest absolute Gasteiger partial charge is 1.00 e. The van der Waals surface area contributed by atoms with Crippen LogP contribution in [0.5, 0.6) is 0 Å². The Hall–Kier alpha value is -1.27. The average molecular weight is 489 g/mol. The first kappa shape index (κ1) is 31.4. The molecule has 0 saturated carbocycles. The standard InChI is InChI=1S/C17H11.C5H5.CH4.2CH3.2ClH.Zr/c1-2-6-13-11-17-15(9-12(13)5-1)10-14-7-3-4-8-16(14)17;1-2-4-5-3-1;;;;;;/h1-11H;1-3H,4H2;1H4;2*1H3;2*1H;/q2*-1;;2*-1;;;+2/p-2. The molecule has 0 heterocycles. The van der Waals surface area contributed by atoms with E-state index in [-0.39, 0.29) is 73.3 Å². The third-order valence-electron chi connectivity index (χ3n) is 4.07. The van der Waals surface area contributed by atoms with Gasteiger partial charge < -0.3 is 39.7 Å². The number of hydrogen-bond acceptors (Lipinski definition) is 0. The molecule has 0 unspecified atom stereocenters. The predicted octanol–water partition coefficient (Wildman–Crippen LogP) is 1.71. The molecule has 0 nitrogen and oxygen atoms in total. The summed E-state index contributed by atoms with van der Waals surface area (Å²) in [6.45, 7) is 0. The molecule has 0 radical (unpaired) electrons. The minimum atomic E-state index is 0. The van der Waals surface area contributed by atoms with Gasteiger partial charge >= 0.3 is 26.2 Å². The molecule has 1 aliphatic rings. The summed E-state index contributed by atoms with van der Waals surface area (Å²) < 4.78 is 0. The summed E-state index contributed by atoms with van der Waals surface area (Å²) in [5.74, 6) is 0. The van der Waals surface area contributed by atoms with Gasteiger partial charge in [-0.2, -0.15) is 6.08 Å². The van der Waals surface area contributed by atoms with Gasteiger partial charge in [-0.15, -0.1) is 46.2 Å². The van der Waals surface area contributed by atoms with Crippen molar-refractivity contribution < 1.29 is 51.0 Å². The molecule has 0 spiro atoms. The molecule has 0 N–H and O–H groups in total. The van der Waals surface area contributed by atoms with Crippen LogP contribution in [0.4, 0.5) is 0 Å². The number of allylic oxidation sites excluding steroid dienone is 4. The van der Waals surface area contributed by atoms with Crippen LogP contribution in [0.2, 0.25) is 0 Å². The van der Waals surface area contributed by atoms with Crippen LogP contribution in [0, 0.1) is 20.9 Å². The largest absolute Gasteiger partial charge is 2.00 e. The van der Waals surface area contributed by atoms with Crippen LogP contribution in [0.25, 0.3) is 32.3 Å². The second-order valence-electron chi connectivity index (χ2n) is 5.52. The summed E-state index contributed by atoms with van der Waals surface area (Å²) in [5.41, 5.74) is 0.